The lowest BCUT2D eigenvalue weighted by Gasteiger charge is -2.10. The Morgan fingerprint density at radius 1 is 1.14 bits per heavy atom. The van der Waals surface area contributed by atoms with Crippen LogP contribution in [0.5, 0.6) is 5.75 Å². The zero-order chi connectivity index (χ0) is 15.6. The number of hydrogen-bond acceptors (Lipinski definition) is 2. The number of aromatic hydroxyl groups is 1. The first-order valence-electron chi connectivity index (χ1n) is 6.41. The second-order valence-electron chi connectivity index (χ2n) is 4.93. The van der Waals surface area contributed by atoms with Crippen LogP contribution in [0.15, 0.2) is 30.3 Å². The van der Waals surface area contributed by atoms with Crippen LogP contribution >= 0.6 is 23.2 Å². The summed E-state index contributed by atoms with van der Waals surface area (Å²) in [5.74, 6) is -0.429. The van der Waals surface area contributed by atoms with Crippen molar-refractivity contribution in [1.29, 1.82) is 0 Å². The van der Waals surface area contributed by atoms with Crippen molar-refractivity contribution in [2.24, 2.45) is 0 Å². The second kappa shape index (κ2) is 6.37. The number of aryl methyl sites for hydroxylation is 2. The van der Waals surface area contributed by atoms with Crippen molar-refractivity contribution in [2.45, 2.75) is 20.3 Å². The van der Waals surface area contributed by atoms with Gasteiger partial charge in [0.15, 0.2) is 5.75 Å². The molecule has 5 heteroatoms. The lowest BCUT2D eigenvalue weighted by molar-refractivity contribution is -0.115. The number of halogens is 2. The largest absolute Gasteiger partial charge is 0.504 e. The van der Waals surface area contributed by atoms with Crippen molar-refractivity contribution in [3.63, 3.8) is 0 Å². The molecule has 2 rings (SSSR count). The Bertz CT molecular complexity index is 699. The number of carbonyl (C=O) groups is 1. The predicted octanol–water partition coefficient (Wildman–Crippen LogP) is 4.50. The van der Waals surface area contributed by atoms with Crippen molar-refractivity contribution in [3.05, 3.63) is 57.1 Å². The van der Waals surface area contributed by atoms with Gasteiger partial charge in [-0.25, -0.2) is 0 Å². The average Bonchev–Trinajstić information content (AvgIpc) is 2.39. The van der Waals surface area contributed by atoms with E-state index in [-0.39, 0.29) is 28.8 Å². The van der Waals surface area contributed by atoms with Gasteiger partial charge in [0.1, 0.15) is 0 Å². The zero-order valence-electron chi connectivity index (χ0n) is 11.7. The highest BCUT2D eigenvalue weighted by atomic mass is 35.5. The van der Waals surface area contributed by atoms with E-state index >= 15 is 0 Å². The minimum atomic E-state index is -0.244. The first-order valence-corrected chi connectivity index (χ1v) is 7.16. The molecule has 0 unspecified atom stereocenters. The van der Waals surface area contributed by atoms with Gasteiger partial charge >= 0.3 is 0 Å². The highest BCUT2D eigenvalue weighted by Gasteiger charge is 2.11. The molecule has 0 aliphatic carbocycles. The Kier molecular flexibility index (Phi) is 4.76. The van der Waals surface area contributed by atoms with Gasteiger partial charge in [-0.3, -0.25) is 4.79 Å². The number of benzene rings is 2. The monoisotopic (exact) mass is 323 g/mol. The molecule has 0 aliphatic heterocycles. The van der Waals surface area contributed by atoms with Crippen LogP contribution in [-0.4, -0.2) is 11.0 Å². The van der Waals surface area contributed by atoms with Crippen LogP contribution in [0.25, 0.3) is 0 Å². The first-order chi connectivity index (χ1) is 9.86. The van der Waals surface area contributed by atoms with Crippen molar-refractivity contribution in [2.75, 3.05) is 5.32 Å². The van der Waals surface area contributed by atoms with Crippen LogP contribution < -0.4 is 5.32 Å². The molecule has 2 aromatic carbocycles. The maximum Gasteiger partial charge on any atom is 0.228 e. The molecule has 1 amide bonds. The highest BCUT2D eigenvalue weighted by Crippen LogP contribution is 2.35. The summed E-state index contributed by atoms with van der Waals surface area (Å²) < 4.78 is 0. The van der Waals surface area contributed by atoms with E-state index in [4.69, 9.17) is 23.2 Å². The minimum Gasteiger partial charge on any atom is -0.504 e. The minimum absolute atomic E-state index is 0.101. The van der Waals surface area contributed by atoms with Crippen LogP contribution in [0.3, 0.4) is 0 Å². The third-order valence-electron chi connectivity index (χ3n) is 3.24. The van der Waals surface area contributed by atoms with Crippen molar-refractivity contribution < 1.29 is 9.90 Å². The normalized spacial score (nSPS) is 10.5. The summed E-state index contributed by atoms with van der Waals surface area (Å²) in [4.78, 5) is 12.0. The summed E-state index contributed by atoms with van der Waals surface area (Å²) in [6.07, 6.45) is 0.213. The van der Waals surface area contributed by atoms with Gasteiger partial charge in [-0.2, -0.15) is 0 Å². The first kappa shape index (κ1) is 15.7. The Labute approximate surface area is 133 Å². The number of amides is 1. The van der Waals surface area contributed by atoms with Crippen LogP contribution in [0, 0.1) is 13.8 Å². The summed E-state index contributed by atoms with van der Waals surface area (Å²) in [6, 6.07) is 8.73. The molecule has 0 spiro atoms. The average molecular weight is 324 g/mol. The Morgan fingerprint density at radius 3 is 2.52 bits per heavy atom. The molecule has 0 saturated carbocycles. The molecule has 2 aromatic rings. The van der Waals surface area contributed by atoms with Gasteiger partial charge in [0.2, 0.25) is 5.91 Å². The SMILES string of the molecule is Cc1ccc(CC(=O)Nc2cc(Cl)cc(Cl)c2O)cc1C. The Hall–Kier alpha value is -1.71. The molecule has 21 heavy (non-hydrogen) atoms. The Morgan fingerprint density at radius 2 is 1.86 bits per heavy atom. The van der Waals surface area contributed by atoms with Crippen LogP contribution in [0.2, 0.25) is 10.0 Å². The van der Waals surface area contributed by atoms with E-state index in [0.29, 0.717) is 5.02 Å². The molecule has 0 aliphatic rings. The Balaban J connectivity index is 2.13. The van der Waals surface area contributed by atoms with Crippen LogP contribution in [0.4, 0.5) is 5.69 Å². The smallest absolute Gasteiger partial charge is 0.228 e. The van der Waals surface area contributed by atoms with Crippen molar-refractivity contribution >= 4 is 34.8 Å². The van der Waals surface area contributed by atoms with E-state index in [1.807, 2.05) is 32.0 Å². The number of phenolic OH excluding ortho intramolecular Hbond substituents is 1. The number of nitrogens with one attached hydrogen (secondary N) is 1. The molecule has 3 nitrogen and oxygen atoms in total. The fraction of sp³-hybridized carbons (Fsp3) is 0.188. The van der Waals surface area contributed by atoms with E-state index in [1.165, 1.54) is 17.7 Å². The molecule has 2 N–H and O–H groups in total. The predicted molar refractivity (Wildman–Crippen MR) is 86.4 cm³/mol. The van der Waals surface area contributed by atoms with E-state index in [1.54, 1.807) is 0 Å². The molecular formula is C16H15Cl2NO2. The molecule has 0 aromatic heterocycles. The molecule has 0 saturated heterocycles. The third-order valence-corrected chi connectivity index (χ3v) is 3.74. The maximum atomic E-state index is 12.0. The summed E-state index contributed by atoms with van der Waals surface area (Å²) in [6.45, 7) is 4.02. The second-order valence-corrected chi connectivity index (χ2v) is 5.77. The van der Waals surface area contributed by atoms with E-state index in [2.05, 4.69) is 5.32 Å². The van der Waals surface area contributed by atoms with Crippen LogP contribution in [0.1, 0.15) is 16.7 Å². The summed E-state index contributed by atoms with van der Waals surface area (Å²) >= 11 is 11.7. The van der Waals surface area contributed by atoms with Crippen LogP contribution in [-0.2, 0) is 11.2 Å². The van der Waals surface area contributed by atoms with Gasteiger partial charge in [0.05, 0.1) is 17.1 Å². The third kappa shape index (κ3) is 3.90. The topological polar surface area (TPSA) is 49.3 Å². The number of carbonyl (C=O) groups excluding carboxylic acids is 1. The number of rotatable bonds is 3. The van der Waals surface area contributed by atoms with Gasteiger partial charge in [-0.05, 0) is 42.7 Å². The van der Waals surface area contributed by atoms with Gasteiger partial charge in [0.25, 0.3) is 0 Å². The summed E-state index contributed by atoms with van der Waals surface area (Å²) in [7, 11) is 0. The fourth-order valence-corrected chi connectivity index (χ4v) is 2.45. The molecular weight excluding hydrogens is 309 g/mol. The molecule has 0 fully saturated rings. The van der Waals surface area contributed by atoms with Crippen molar-refractivity contribution in [3.8, 4) is 5.75 Å². The van der Waals surface area contributed by atoms with Gasteiger partial charge in [-0.15, -0.1) is 0 Å². The van der Waals surface area contributed by atoms with Gasteiger partial charge in [-0.1, -0.05) is 41.4 Å². The van der Waals surface area contributed by atoms with E-state index in [9.17, 15) is 9.90 Å². The zero-order valence-corrected chi connectivity index (χ0v) is 13.2. The van der Waals surface area contributed by atoms with E-state index < -0.39 is 0 Å². The molecule has 0 radical (unpaired) electrons. The van der Waals surface area contributed by atoms with Gasteiger partial charge in [0, 0.05) is 5.02 Å². The van der Waals surface area contributed by atoms with Crippen molar-refractivity contribution in [1.82, 2.24) is 0 Å². The number of anilines is 1. The molecule has 0 bridgehead atoms. The lowest BCUT2D eigenvalue weighted by atomic mass is 10.0. The highest BCUT2D eigenvalue weighted by molar-refractivity contribution is 6.36. The standard InChI is InChI=1S/C16H15Cl2NO2/c1-9-3-4-11(5-10(9)2)6-15(20)19-14-8-12(17)7-13(18)16(14)21/h3-5,7-8,21H,6H2,1-2H3,(H,19,20). The number of hydrogen-bond donors (Lipinski definition) is 2. The quantitative estimate of drug-likeness (QED) is 0.817. The fourth-order valence-electron chi connectivity index (χ4n) is 1.95. The molecule has 110 valence electrons. The lowest BCUT2D eigenvalue weighted by Crippen LogP contribution is -2.14. The summed E-state index contributed by atoms with van der Waals surface area (Å²) in [5, 5.41) is 12.9. The maximum absolute atomic E-state index is 12.0. The molecule has 0 heterocycles. The van der Waals surface area contributed by atoms with E-state index in [0.717, 1.165) is 11.1 Å². The van der Waals surface area contributed by atoms with Gasteiger partial charge < -0.3 is 10.4 Å². The number of phenols is 1. The summed E-state index contributed by atoms with van der Waals surface area (Å²) in [5.41, 5.74) is 3.43. The molecule has 0 atom stereocenters.